The molecule has 0 heterocycles. The summed E-state index contributed by atoms with van der Waals surface area (Å²) in [5.74, 6) is 0. The first-order valence-corrected chi connectivity index (χ1v) is 7.75. The Morgan fingerprint density at radius 1 is 0.800 bits per heavy atom. The van der Waals surface area contributed by atoms with E-state index in [1.54, 1.807) is 0 Å². The SMILES string of the molecule is [O]=[Cd](=[O])(=[O])=[O]. The van der Waals surface area contributed by atoms with Gasteiger partial charge in [0.15, 0.2) is 0 Å². The van der Waals surface area contributed by atoms with Crippen LogP contribution in [0.25, 0.3) is 0 Å². The summed E-state index contributed by atoms with van der Waals surface area (Å²) in [6.45, 7) is 0. The molecule has 0 rings (SSSR count). The summed E-state index contributed by atoms with van der Waals surface area (Å²) in [4.78, 5) is 0. The predicted molar refractivity (Wildman–Crippen MR) is 2.75 cm³/mol. The van der Waals surface area contributed by atoms with Crippen LogP contribution in [-0.4, -0.2) is 0 Å². The molecule has 0 unspecified atom stereocenters. The number of hydrogen-bond donors (Lipinski definition) is 0. The van der Waals surface area contributed by atoms with E-state index in [4.69, 9.17) is 10.7 Å². The topological polar surface area (TPSA) is 68.3 Å². The van der Waals surface area contributed by atoms with Gasteiger partial charge in [-0.05, 0) is 0 Å². The van der Waals surface area contributed by atoms with Crippen molar-refractivity contribution in [3.05, 3.63) is 0 Å². The Balaban J connectivity index is 6.05. The molecule has 0 aromatic heterocycles. The molecule has 0 N–H and O–H groups in total. The normalized spacial score (nSPS) is 14.4. The van der Waals surface area contributed by atoms with E-state index in [2.05, 4.69) is 0 Å². The van der Waals surface area contributed by atoms with Gasteiger partial charge in [0.2, 0.25) is 0 Å². The van der Waals surface area contributed by atoms with Crippen LogP contribution in [0.3, 0.4) is 0 Å². The van der Waals surface area contributed by atoms with Crippen LogP contribution >= 0.6 is 0 Å². The Hall–Kier alpha value is 0.122. The molecular formula is CdO4. The third kappa shape index (κ3) is 1250. The van der Waals surface area contributed by atoms with Crippen molar-refractivity contribution in [3.63, 3.8) is 0 Å². The van der Waals surface area contributed by atoms with Crippen LogP contribution in [0.1, 0.15) is 0 Å². The van der Waals surface area contributed by atoms with Crippen molar-refractivity contribution in [2.24, 2.45) is 0 Å². The predicted octanol–water partition coefficient (Wildman–Crippen LogP) is -0.478. The molecule has 0 saturated heterocycles. The number of rotatable bonds is 0. The Bertz CT molecular complexity index is 155. The van der Waals surface area contributed by atoms with Gasteiger partial charge in [-0.15, -0.1) is 0 Å². The summed E-state index contributed by atoms with van der Waals surface area (Å²) in [6, 6.07) is 0. The van der Waals surface area contributed by atoms with Gasteiger partial charge in [0.05, 0.1) is 0 Å². The van der Waals surface area contributed by atoms with E-state index in [0.717, 1.165) is 0 Å². The third-order valence-corrected chi connectivity index (χ3v) is 0. The van der Waals surface area contributed by atoms with Crippen LogP contribution in [0.5, 0.6) is 0 Å². The van der Waals surface area contributed by atoms with Crippen LogP contribution in [-0.2, 0) is 32.0 Å². The Labute approximate surface area is 32.3 Å². The summed E-state index contributed by atoms with van der Waals surface area (Å²) >= 11 is -6.34. The van der Waals surface area contributed by atoms with Crippen molar-refractivity contribution in [1.29, 1.82) is 0 Å². The van der Waals surface area contributed by atoms with Gasteiger partial charge in [0, 0.05) is 0 Å². The average molecular weight is 176 g/mol. The van der Waals surface area contributed by atoms with Gasteiger partial charge in [-0.3, -0.25) is 0 Å². The van der Waals surface area contributed by atoms with Crippen molar-refractivity contribution in [3.8, 4) is 0 Å². The zero-order valence-corrected chi connectivity index (χ0v) is 6.38. The van der Waals surface area contributed by atoms with Gasteiger partial charge >= 0.3 is 32.0 Å². The molecule has 0 saturated carbocycles. The van der Waals surface area contributed by atoms with Gasteiger partial charge in [0.1, 0.15) is 0 Å². The van der Waals surface area contributed by atoms with E-state index in [9.17, 15) is 0 Å². The second-order valence-corrected chi connectivity index (χ2v) is 4.74. The van der Waals surface area contributed by atoms with E-state index < -0.39 is 21.2 Å². The molecule has 0 spiro atoms. The first-order valence-electron chi connectivity index (χ1n) is 1.15. The molecule has 0 aliphatic heterocycles. The van der Waals surface area contributed by atoms with Gasteiger partial charge in [-0.25, -0.2) is 0 Å². The molecule has 0 bridgehead atoms. The van der Waals surface area contributed by atoms with Gasteiger partial charge < -0.3 is 0 Å². The second-order valence-electron chi connectivity index (χ2n) is 0.707. The molecule has 0 aliphatic rings. The van der Waals surface area contributed by atoms with Crippen molar-refractivity contribution in [2.45, 2.75) is 0 Å². The summed E-state index contributed by atoms with van der Waals surface area (Å²) in [6.07, 6.45) is 0. The number of hydrogen-bond acceptors (Lipinski definition) is 4. The molecule has 0 aromatic carbocycles. The molecule has 0 aliphatic carbocycles. The van der Waals surface area contributed by atoms with Crippen LogP contribution in [0.2, 0.25) is 0 Å². The van der Waals surface area contributed by atoms with E-state index in [1.165, 1.54) is 0 Å². The molecule has 0 atom stereocenters. The Morgan fingerprint density at radius 3 is 0.800 bits per heavy atom. The molecule has 26 valence electrons. The fourth-order valence-corrected chi connectivity index (χ4v) is 0. The fourth-order valence-electron chi connectivity index (χ4n) is 0. The molecule has 5 heavy (non-hydrogen) atoms. The minimum absolute atomic E-state index is 6.34. The summed E-state index contributed by atoms with van der Waals surface area (Å²) in [5.41, 5.74) is 0. The van der Waals surface area contributed by atoms with Crippen LogP contribution in [0, 0.1) is 0 Å². The third-order valence-electron chi connectivity index (χ3n) is 0. The second kappa shape index (κ2) is 1.07. The van der Waals surface area contributed by atoms with Gasteiger partial charge in [0.25, 0.3) is 0 Å². The maximum absolute atomic E-state index is 8.67. The van der Waals surface area contributed by atoms with Crippen molar-refractivity contribution >= 4 is 0 Å². The van der Waals surface area contributed by atoms with Gasteiger partial charge in [-0.1, -0.05) is 0 Å². The summed E-state index contributed by atoms with van der Waals surface area (Å²) in [7, 11) is 0. The first-order chi connectivity index (χ1) is 2.00. The zero-order valence-electron chi connectivity index (χ0n) is 2.34. The first kappa shape index (κ1) is 5.12. The molecule has 0 radical (unpaired) electrons. The zero-order chi connectivity index (χ0) is 4.50. The van der Waals surface area contributed by atoms with E-state index in [1.807, 2.05) is 0 Å². The van der Waals surface area contributed by atoms with Crippen LogP contribution in [0.15, 0.2) is 0 Å². The standard InChI is InChI=1S/Cd.4O. The van der Waals surface area contributed by atoms with E-state index in [-0.39, 0.29) is 0 Å². The maximum atomic E-state index is 8.67. The molecule has 0 aromatic rings. The quantitative estimate of drug-likeness (QED) is 0.468. The summed E-state index contributed by atoms with van der Waals surface area (Å²) in [5, 5.41) is 0. The monoisotopic (exact) mass is 178 g/mol. The molecule has 0 amide bonds. The molecule has 5 heteroatoms. The Morgan fingerprint density at radius 2 is 0.800 bits per heavy atom. The minimum atomic E-state index is -6.34. The summed E-state index contributed by atoms with van der Waals surface area (Å²) < 4.78 is 34.7. The molecule has 0 fully saturated rings. The fraction of sp³-hybridized carbons (Fsp3) is 0. The van der Waals surface area contributed by atoms with E-state index >= 15 is 0 Å². The van der Waals surface area contributed by atoms with Crippen LogP contribution < -0.4 is 0 Å². The van der Waals surface area contributed by atoms with E-state index in [0.29, 0.717) is 0 Å². The molecular weight excluding hydrogens is 176 g/mol. The Kier molecular flexibility index (Phi) is 1.10. The van der Waals surface area contributed by atoms with Crippen LogP contribution in [0.4, 0.5) is 0 Å². The van der Waals surface area contributed by atoms with Gasteiger partial charge in [-0.2, -0.15) is 0 Å². The average Bonchev–Trinajstić information content (AvgIpc) is 0.722. The van der Waals surface area contributed by atoms with Crippen molar-refractivity contribution in [1.82, 2.24) is 0 Å². The van der Waals surface area contributed by atoms with Crippen molar-refractivity contribution < 1.29 is 32.0 Å². The van der Waals surface area contributed by atoms with Crippen molar-refractivity contribution in [2.75, 3.05) is 0 Å². The molecule has 4 nitrogen and oxygen atoms in total.